The maximum Gasteiger partial charge on any atom is 0.104 e. The zero-order valence-electron chi connectivity index (χ0n) is 10.9. The highest BCUT2D eigenvalue weighted by Crippen LogP contribution is 2.29. The minimum atomic E-state index is -0.684. The molecule has 0 aliphatic carbocycles. The molecule has 0 saturated carbocycles. The van der Waals surface area contributed by atoms with E-state index in [9.17, 15) is 5.11 Å². The van der Waals surface area contributed by atoms with Crippen molar-refractivity contribution in [2.45, 2.75) is 25.9 Å². The van der Waals surface area contributed by atoms with Crippen LogP contribution in [-0.4, -0.2) is 5.11 Å². The molecular weight excluding hydrogens is 279 g/mol. The molecule has 0 spiro atoms. The lowest BCUT2D eigenvalue weighted by Crippen LogP contribution is -2.00. The van der Waals surface area contributed by atoms with Crippen molar-refractivity contribution < 1.29 is 5.11 Å². The van der Waals surface area contributed by atoms with E-state index in [4.69, 9.17) is 23.2 Å². The quantitative estimate of drug-likeness (QED) is 0.825. The second-order valence-electron chi connectivity index (χ2n) is 4.90. The molecule has 0 bridgehead atoms. The second kappa shape index (κ2) is 5.96. The molecule has 0 unspecified atom stereocenters. The van der Waals surface area contributed by atoms with E-state index in [1.807, 2.05) is 24.3 Å². The van der Waals surface area contributed by atoms with Crippen LogP contribution in [0.5, 0.6) is 0 Å². The third kappa shape index (κ3) is 3.30. The number of hydrogen-bond acceptors (Lipinski definition) is 1. The highest BCUT2D eigenvalue weighted by atomic mass is 35.5. The van der Waals surface area contributed by atoms with Gasteiger partial charge in [0.25, 0.3) is 0 Å². The van der Waals surface area contributed by atoms with E-state index < -0.39 is 6.10 Å². The summed E-state index contributed by atoms with van der Waals surface area (Å²) in [6, 6.07) is 13.2. The fourth-order valence-electron chi connectivity index (χ4n) is 1.94. The van der Waals surface area contributed by atoms with Crippen LogP contribution in [0.1, 0.15) is 42.6 Å². The van der Waals surface area contributed by atoms with Crippen LogP contribution in [0.3, 0.4) is 0 Å². The molecule has 0 amide bonds. The van der Waals surface area contributed by atoms with Gasteiger partial charge < -0.3 is 5.11 Å². The summed E-state index contributed by atoms with van der Waals surface area (Å²) in [5.74, 6) is 0.483. The molecule has 2 aromatic carbocycles. The Morgan fingerprint density at radius 2 is 1.32 bits per heavy atom. The van der Waals surface area contributed by atoms with Gasteiger partial charge in [-0.2, -0.15) is 0 Å². The summed E-state index contributed by atoms with van der Waals surface area (Å²) in [7, 11) is 0. The van der Waals surface area contributed by atoms with Crippen molar-refractivity contribution in [2.75, 3.05) is 0 Å². The molecule has 100 valence electrons. The van der Waals surface area contributed by atoms with Crippen LogP contribution in [0.15, 0.2) is 42.5 Å². The fraction of sp³-hybridized carbons (Fsp3) is 0.250. The van der Waals surface area contributed by atoms with E-state index in [1.165, 1.54) is 5.56 Å². The summed E-state index contributed by atoms with van der Waals surface area (Å²) >= 11 is 11.8. The predicted octanol–water partition coefficient (Wildman–Crippen LogP) is 5.20. The number of rotatable bonds is 3. The smallest absolute Gasteiger partial charge is 0.104 e. The first kappa shape index (κ1) is 14.4. The van der Waals surface area contributed by atoms with Crippen molar-refractivity contribution in [1.29, 1.82) is 0 Å². The first-order valence-electron chi connectivity index (χ1n) is 6.22. The molecule has 1 atom stereocenters. The Morgan fingerprint density at radius 1 is 0.789 bits per heavy atom. The van der Waals surface area contributed by atoms with E-state index in [2.05, 4.69) is 13.8 Å². The van der Waals surface area contributed by atoms with Gasteiger partial charge in [-0.1, -0.05) is 67.4 Å². The molecule has 1 N–H and O–H groups in total. The van der Waals surface area contributed by atoms with Crippen molar-refractivity contribution in [1.82, 2.24) is 0 Å². The lowest BCUT2D eigenvalue weighted by molar-refractivity contribution is 0.220. The molecule has 2 aromatic rings. The van der Waals surface area contributed by atoms with Gasteiger partial charge in [0.15, 0.2) is 0 Å². The summed E-state index contributed by atoms with van der Waals surface area (Å²) in [4.78, 5) is 0. The minimum Gasteiger partial charge on any atom is -0.384 e. The van der Waals surface area contributed by atoms with Crippen LogP contribution in [0.25, 0.3) is 0 Å². The first-order valence-corrected chi connectivity index (χ1v) is 6.97. The van der Waals surface area contributed by atoms with Crippen LogP contribution in [-0.2, 0) is 0 Å². The van der Waals surface area contributed by atoms with Crippen molar-refractivity contribution in [2.24, 2.45) is 0 Å². The van der Waals surface area contributed by atoms with E-state index in [-0.39, 0.29) is 0 Å². The molecular formula is C16H16Cl2O. The highest BCUT2D eigenvalue weighted by molar-refractivity contribution is 6.42. The fourth-order valence-corrected chi connectivity index (χ4v) is 2.24. The Balaban J connectivity index is 2.27. The molecule has 0 aromatic heterocycles. The normalized spacial score (nSPS) is 12.7. The molecule has 0 fully saturated rings. The summed E-state index contributed by atoms with van der Waals surface area (Å²) in [5, 5.41) is 11.3. The number of hydrogen-bond donors (Lipinski definition) is 1. The van der Waals surface area contributed by atoms with Gasteiger partial charge in [-0.15, -0.1) is 0 Å². The molecule has 19 heavy (non-hydrogen) atoms. The van der Waals surface area contributed by atoms with Gasteiger partial charge in [-0.25, -0.2) is 0 Å². The zero-order chi connectivity index (χ0) is 14.0. The lowest BCUT2D eigenvalue weighted by Gasteiger charge is -2.13. The van der Waals surface area contributed by atoms with Crippen molar-refractivity contribution in [3.8, 4) is 0 Å². The van der Waals surface area contributed by atoms with Gasteiger partial charge in [0.2, 0.25) is 0 Å². The van der Waals surface area contributed by atoms with Gasteiger partial charge >= 0.3 is 0 Å². The Labute approximate surface area is 123 Å². The number of benzene rings is 2. The lowest BCUT2D eigenvalue weighted by atomic mass is 9.97. The minimum absolute atomic E-state index is 0.456. The van der Waals surface area contributed by atoms with Gasteiger partial charge in [-0.3, -0.25) is 0 Å². The molecule has 0 aliphatic heterocycles. The molecule has 0 aliphatic rings. The van der Waals surface area contributed by atoms with E-state index in [0.717, 1.165) is 11.1 Å². The third-order valence-corrected chi connectivity index (χ3v) is 3.92. The zero-order valence-corrected chi connectivity index (χ0v) is 12.4. The molecule has 0 saturated heterocycles. The van der Waals surface area contributed by atoms with Gasteiger partial charge in [0, 0.05) is 0 Å². The van der Waals surface area contributed by atoms with E-state index in [1.54, 1.807) is 18.2 Å². The predicted molar refractivity (Wildman–Crippen MR) is 81.1 cm³/mol. The topological polar surface area (TPSA) is 20.2 Å². The standard InChI is InChI=1S/C16H16Cl2O/c1-10(2)11-3-5-12(6-4-11)16(19)13-7-8-14(17)15(18)9-13/h3-10,16,19H,1-2H3/t16-/m1/s1. The molecule has 0 heterocycles. The Bertz CT molecular complexity index is 561. The summed E-state index contributed by atoms with van der Waals surface area (Å²) in [6.07, 6.45) is -0.684. The Hall–Kier alpha value is -1.02. The van der Waals surface area contributed by atoms with Crippen LogP contribution in [0.2, 0.25) is 10.0 Å². The average molecular weight is 295 g/mol. The van der Waals surface area contributed by atoms with Gasteiger partial charge in [0.1, 0.15) is 6.10 Å². The maximum atomic E-state index is 10.3. The molecule has 1 nitrogen and oxygen atoms in total. The van der Waals surface area contributed by atoms with Crippen molar-refractivity contribution >= 4 is 23.2 Å². The largest absolute Gasteiger partial charge is 0.384 e. The SMILES string of the molecule is CC(C)c1ccc([C@@H](O)c2ccc(Cl)c(Cl)c2)cc1. The molecule has 0 radical (unpaired) electrons. The molecule has 3 heteroatoms. The number of halogens is 2. The number of aliphatic hydroxyl groups is 1. The highest BCUT2D eigenvalue weighted by Gasteiger charge is 2.12. The summed E-state index contributed by atoms with van der Waals surface area (Å²) < 4.78 is 0. The van der Waals surface area contributed by atoms with Crippen LogP contribution in [0.4, 0.5) is 0 Å². The van der Waals surface area contributed by atoms with Crippen molar-refractivity contribution in [3.63, 3.8) is 0 Å². The monoisotopic (exact) mass is 294 g/mol. The number of aliphatic hydroxyl groups excluding tert-OH is 1. The Kier molecular flexibility index (Phi) is 4.51. The van der Waals surface area contributed by atoms with Crippen LogP contribution < -0.4 is 0 Å². The maximum absolute atomic E-state index is 10.3. The first-order chi connectivity index (χ1) is 8.99. The van der Waals surface area contributed by atoms with E-state index in [0.29, 0.717) is 16.0 Å². The summed E-state index contributed by atoms with van der Waals surface area (Å²) in [6.45, 7) is 4.29. The Morgan fingerprint density at radius 3 is 1.84 bits per heavy atom. The van der Waals surface area contributed by atoms with Gasteiger partial charge in [-0.05, 0) is 34.7 Å². The third-order valence-electron chi connectivity index (χ3n) is 3.18. The van der Waals surface area contributed by atoms with E-state index >= 15 is 0 Å². The van der Waals surface area contributed by atoms with Crippen LogP contribution in [0, 0.1) is 0 Å². The van der Waals surface area contributed by atoms with Crippen LogP contribution >= 0.6 is 23.2 Å². The second-order valence-corrected chi connectivity index (χ2v) is 5.71. The molecule has 2 rings (SSSR count). The van der Waals surface area contributed by atoms with Gasteiger partial charge in [0.05, 0.1) is 10.0 Å². The summed E-state index contributed by atoms with van der Waals surface area (Å²) in [5.41, 5.74) is 2.85. The average Bonchev–Trinajstić information content (AvgIpc) is 2.41. The van der Waals surface area contributed by atoms with Crippen molar-refractivity contribution in [3.05, 3.63) is 69.2 Å².